The zero-order valence-electron chi connectivity index (χ0n) is 11.5. The smallest absolute Gasteiger partial charge is 0.290 e. The minimum Gasteiger partial charge on any atom is -0.387 e. The van der Waals surface area contributed by atoms with Crippen molar-refractivity contribution in [2.75, 3.05) is 13.1 Å². The van der Waals surface area contributed by atoms with Crippen molar-refractivity contribution in [2.24, 2.45) is 5.92 Å². The second-order valence-corrected chi connectivity index (χ2v) is 7.74. The molecule has 0 aliphatic carbocycles. The lowest BCUT2D eigenvalue weighted by molar-refractivity contribution is -0.387. The molecule has 0 radical (unpaired) electrons. The van der Waals surface area contributed by atoms with E-state index in [-0.39, 0.29) is 24.0 Å². The zero-order chi connectivity index (χ0) is 16.0. The first kappa shape index (κ1) is 16.2. The van der Waals surface area contributed by atoms with Gasteiger partial charge in [0.15, 0.2) is 4.90 Å². The predicted octanol–water partition coefficient (Wildman–Crippen LogP) is 1.64. The summed E-state index contributed by atoms with van der Waals surface area (Å²) in [5, 5.41) is 21.2. The molecule has 1 aromatic rings. The summed E-state index contributed by atoms with van der Waals surface area (Å²) in [6.07, 6.45) is 0. The highest BCUT2D eigenvalue weighted by molar-refractivity contribution is 7.89. The van der Waals surface area contributed by atoms with E-state index in [1.807, 2.05) is 0 Å². The maximum atomic E-state index is 12.4. The van der Waals surface area contributed by atoms with Gasteiger partial charge >= 0.3 is 0 Å². The first-order chi connectivity index (χ1) is 9.58. The standard InChI is InChI=1S/C12H15ClN2O5S/c1-8(2)12(16)6-14(7-12)21(19,20)11-4-3-9(13)5-10(11)15(17)18/h3-5,8,16H,6-7H2,1-2H3. The van der Waals surface area contributed by atoms with Crippen LogP contribution in [0.1, 0.15) is 13.8 Å². The average molecular weight is 335 g/mol. The number of hydrogen-bond acceptors (Lipinski definition) is 5. The Bertz CT molecular complexity index is 683. The molecule has 0 unspecified atom stereocenters. The van der Waals surface area contributed by atoms with Crippen molar-refractivity contribution < 1.29 is 18.4 Å². The molecule has 0 aromatic heterocycles. The molecule has 0 bridgehead atoms. The van der Waals surface area contributed by atoms with Gasteiger partial charge in [0.25, 0.3) is 5.69 Å². The Morgan fingerprint density at radius 2 is 2.00 bits per heavy atom. The number of nitrogens with zero attached hydrogens (tertiary/aromatic N) is 2. The van der Waals surface area contributed by atoms with Crippen molar-refractivity contribution in [3.63, 3.8) is 0 Å². The maximum absolute atomic E-state index is 12.4. The van der Waals surface area contributed by atoms with Crippen LogP contribution in [-0.2, 0) is 10.0 Å². The Morgan fingerprint density at radius 3 is 2.48 bits per heavy atom. The zero-order valence-corrected chi connectivity index (χ0v) is 13.1. The van der Waals surface area contributed by atoms with Gasteiger partial charge in [-0.05, 0) is 18.1 Å². The maximum Gasteiger partial charge on any atom is 0.290 e. The van der Waals surface area contributed by atoms with E-state index in [1.54, 1.807) is 13.8 Å². The summed E-state index contributed by atoms with van der Waals surface area (Å²) in [5.41, 5.74) is -1.66. The molecule has 7 nitrogen and oxygen atoms in total. The minimum absolute atomic E-state index is 0.0766. The third-order valence-electron chi connectivity index (χ3n) is 3.71. The number of aliphatic hydroxyl groups is 1. The van der Waals surface area contributed by atoms with Crippen LogP contribution in [0.5, 0.6) is 0 Å². The highest BCUT2D eigenvalue weighted by atomic mass is 35.5. The summed E-state index contributed by atoms with van der Waals surface area (Å²) >= 11 is 5.67. The third-order valence-corrected chi connectivity index (χ3v) is 5.78. The van der Waals surface area contributed by atoms with Crippen LogP contribution in [0.2, 0.25) is 5.02 Å². The molecule has 9 heteroatoms. The summed E-state index contributed by atoms with van der Waals surface area (Å²) in [4.78, 5) is 9.80. The van der Waals surface area contributed by atoms with Crippen LogP contribution in [0.4, 0.5) is 5.69 Å². The fraction of sp³-hybridized carbons (Fsp3) is 0.500. The van der Waals surface area contributed by atoms with Crippen LogP contribution in [0.3, 0.4) is 0 Å². The van der Waals surface area contributed by atoms with E-state index in [9.17, 15) is 23.6 Å². The van der Waals surface area contributed by atoms with Crippen molar-refractivity contribution in [3.05, 3.63) is 33.3 Å². The monoisotopic (exact) mass is 334 g/mol. The quantitative estimate of drug-likeness (QED) is 0.666. The molecule has 1 N–H and O–H groups in total. The lowest BCUT2D eigenvalue weighted by Gasteiger charge is -2.47. The number of β-amino-alcohol motifs (C(OH)–C–C–N with tert-alkyl or cyclic N) is 1. The molecule has 1 saturated heterocycles. The topological polar surface area (TPSA) is 101 Å². The second-order valence-electron chi connectivity index (χ2n) is 5.40. The lowest BCUT2D eigenvalue weighted by Crippen LogP contribution is -2.65. The van der Waals surface area contributed by atoms with E-state index in [2.05, 4.69) is 0 Å². The van der Waals surface area contributed by atoms with E-state index < -0.39 is 31.1 Å². The number of nitro groups is 1. The number of rotatable bonds is 4. The highest BCUT2D eigenvalue weighted by Gasteiger charge is 2.50. The van der Waals surface area contributed by atoms with E-state index >= 15 is 0 Å². The summed E-state index contributed by atoms with van der Waals surface area (Å²) in [6, 6.07) is 3.40. The Labute approximate surface area is 127 Å². The first-order valence-electron chi connectivity index (χ1n) is 6.24. The summed E-state index contributed by atoms with van der Waals surface area (Å²) in [5.74, 6) is -0.107. The van der Waals surface area contributed by atoms with Gasteiger partial charge in [0.2, 0.25) is 10.0 Å². The molecule has 1 aliphatic heterocycles. The van der Waals surface area contributed by atoms with Crippen molar-refractivity contribution >= 4 is 27.3 Å². The van der Waals surface area contributed by atoms with Gasteiger partial charge in [-0.2, -0.15) is 4.31 Å². The van der Waals surface area contributed by atoms with E-state index in [4.69, 9.17) is 11.6 Å². The van der Waals surface area contributed by atoms with Gasteiger partial charge in [-0.3, -0.25) is 10.1 Å². The van der Waals surface area contributed by atoms with Crippen molar-refractivity contribution in [2.45, 2.75) is 24.3 Å². The van der Waals surface area contributed by atoms with Gasteiger partial charge in [0.1, 0.15) is 0 Å². The molecule has 1 aliphatic rings. The molecular formula is C12H15ClN2O5S. The van der Waals surface area contributed by atoms with E-state index in [0.29, 0.717) is 0 Å². The van der Waals surface area contributed by atoms with Crippen molar-refractivity contribution in [1.29, 1.82) is 0 Å². The van der Waals surface area contributed by atoms with Gasteiger partial charge < -0.3 is 5.11 Å². The Hall–Kier alpha value is -1.22. The third kappa shape index (κ3) is 2.76. The Morgan fingerprint density at radius 1 is 1.43 bits per heavy atom. The van der Waals surface area contributed by atoms with E-state index in [0.717, 1.165) is 16.4 Å². The van der Waals surface area contributed by atoms with Crippen LogP contribution in [0, 0.1) is 16.0 Å². The predicted molar refractivity (Wildman–Crippen MR) is 76.7 cm³/mol. The molecule has 0 amide bonds. The van der Waals surface area contributed by atoms with Gasteiger partial charge in [-0.1, -0.05) is 25.4 Å². The molecule has 21 heavy (non-hydrogen) atoms. The van der Waals surface area contributed by atoms with Crippen LogP contribution in [0.25, 0.3) is 0 Å². The van der Waals surface area contributed by atoms with Gasteiger partial charge in [0, 0.05) is 24.2 Å². The van der Waals surface area contributed by atoms with E-state index in [1.165, 1.54) is 6.07 Å². The number of nitro benzene ring substituents is 1. The summed E-state index contributed by atoms with van der Waals surface area (Å²) in [6.45, 7) is 3.42. The highest BCUT2D eigenvalue weighted by Crippen LogP contribution is 2.36. The van der Waals surface area contributed by atoms with Crippen molar-refractivity contribution in [3.8, 4) is 0 Å². The molecule has 0 atom stereocenters. The first-order valence-corrected chi connectivity index (χ1v) is 8.06. The molecule has 1 fully saturated rings. The van der Waals surface area contributed by atoms with Gasteiger partial charge in [0.05, 0.1) is 10.5 Å². The van der Waals surface area contributed by atoms with Crippen LogP contribution < -0.4 is 0 Å². The molecule has 0 saturated carbocycles. The largest absolute Gasteiger partial charge is 0.387 e. The minimum atomic E-state index is -4.03. The fourth-order valence-electron chi connectivity index (χ4n) is 2.09. The average Bonchev–Trinajstić information content (AvgIpc) is 2.33. The SMILES string of the molecule is CC(C)C1(O)CN(S(=O)(=O)c2ccc(Cl)cc2[N+](=O)[O-])C1. The molecule has 0 spiro atoms. The Kier molecular flexibility index (Phi) is 4.00. The normalized spacial score (nSPS) is 18.5. The molecule has 1 heterocycles. The molecule has 1 aromatic carbocycles. The van der Waals surface area contributed by atoms with Crippen LogP contribution in [-0.4, -0.2) is 41.4 Å². The van der Waals surface area contributed by atoms with Gasteiger partial charge in [-0.25, -0.2) is 8.42 Å². The fourth-order valence-corrected chi connectivity index (χ4v) is 3.96. The van der Waals surface area contributed by atoms with Gasteiger partial charge in [-0.15, -0.1) is 0 Å². The number of hydrogen-bond donors (Lipinski definition) is 1. The summed E-state index contributed by atoms with van der Waals surface area (Å²) < 4.78 is 25.9. The molecule has 2 rings (SSSR count). The van der Waals surface area contributed by atoms with Crippen LogP contribution in [0.15, 0.2) is 23.1 Å². The summed E-state index contributed by atoms with van der Waals surface area (Å²) in [7, 11) is -4.03. The van der Waals surface area contributed by atoms with Crippen LogP contribution >= 0.6 is 11.6 Å². The molecular weight excluding hydrogens is 320 g/mol. The number of halogens is 1. The number of benzene rings is 1. The number of sulfonamides is 1. The van der Waals surface area contributed by atoms with Crippen molar-refractivity contribution in [1.82, 2.24) is 4.31 Å². The Balaban J connectivity index is 2.37. The molecule has 116 valence electrons. The lowest BCUT2D eigenvalue weighted by atomic mass is 9.85. The second kappa shape index (κ2) is 5.20.